The fourth-order valence-corrected chi connectivity index (χ4v) is 3.32. The summed E-state index contributed by atoms with van der Waals surface area (Å²) in [5.41, 5.74) is 9.14. The van der Waals surface area contributed by atoms with E-state index in [1.54, 1.807) is 36.8 Å². The maximum atomic E-state index is 12.9. The van der Waals surface area contributed by atoms with E-state index in [1.807, 2.05) is 22.6 Å². The Labute approximate surface area is 178 Å². The van der Waals surface area contributed by atoms with Crippen molar-refractivity contribution in [2.24, 2.45) is 0 Å². The summed E-state index contributed by atoms with van der Waals surface area (Å²) in [6, 6.07) is 10.6. The molecule has 4 aromatic rings. The molecule has 9 nitrogen and oxygen atoms in total. The highest BCUT2D eigenvalue weighted by Crippen LogP contribution is 2.38. The van der Waals surface area contributed by atoms with Gasteiger partial charge in [-0.15, -0.1) is 0 Å². The van der Waals surface area contributed by atoms with Crippen LogP contribution in [0.2, 0.25) is 0 Å². The van der Waals surface area contributed by atoms with Gasteiger partial charge >= 0.3 is 0 Å². The topological polar surface area (TPSA) is 113 Å². The molecule has 2 aromatic heterocycles. The van der Waals surface area contributed by atoms with Gasteiger partial charge in [-0.1, -0.05) is 12.1 Å². The summed E-state index contributed by atoms with van der Waals surface area (Å²) < 4.78 is 17.8. The standard InChI is InChI=1S/C22H21N5O4/c1-29-17-10-14(11-18(30-2)19(17)31-3)22(28)26-15-6-4-5-13(9-15)16-12-25-21-20(23)24-7-8-27(16)21/h4-12H,1-3H3,(H2,23,24)(H,26,28). The smallest absolute Gasteiger partial charge is 0.255 e. The molecule has 0 unspecified atom stereocenters. The van der Waals surface area contributed by atoms with Crippen LogP contribution >= 0.6 is 0 Å². The molecule has 0 radical (unpaired) electrons. The number of nitrogens with zero attached hydrogens (tertiary/aromatic N) is 3. The van der Waals surface area contributed by atoms with Crippen molar-refractivity contribution in [2.75, 3.05) is 32.4 Å². The number of imidazole rings is 1. The van der Waals surface area contributed by atoms with Crippen molar-refractivity contribution in [3.63, 3.8) is 0 Å². The second-order valence-corrected chi connectivity index (χ2v) is 6.60. The first-order valence-electron chi connectivity index (χ1n) is 9.35. The predicted octanol–water partition coefficient (Wildman–Crippen LogP) is 3.26. The zero-order chi connectivity index (χ0) is 22.0. The van der Waals surface area contributed by atoms with Gasteiger partial charge in [-0.25, -0.2) is 9.97 Å². The fourth-order valence-electron chi connectivity index (χ4n) is 3.32. The van der Waals surface area contributed by atoms with E-state index in [9.17, 15) is 4.79 Å². The largest absolute Gasteiger partial charge is 0.493 e. The molecule has 0 atom stereocenters. The number of carbonyl (C=O) groups excluding carboxylic acids is 1. The summed E-state index contributed by atoms with van der Waals surface area (Å²) in [5, 5.41) is 2.90. The molecule has 3 N–H and O–H groups in total. The number of nitrogens with one attached hydrogen (secondary N) is 1. The summed E-state index contributed by atoms with van der Waals surface area (Å²) >= 11 is 0. The Morgan fingerprint density at radius 3 is 2.45 bits per heavy atom. The molecule has 0 aliphatic carbocycles. The molecule has 2 heterocycles. The summed E-state index contributed by atoms with van der Waals surface area (Å²) in [6.07, 6.45) is 5.12. The molecule has 158 valence electrons. The normalized spacial score (nSPS) is 10.7. The molecule has 1 amide bonds. The number of amides is 1. The van der Waals surface area contributed by atoms with Crippen molar-refractivity contribution in [1.82, 2.24) is 14.4 Å². The maximum absolute atomic E-state index is 12.9. The van der Waals surface area contributed by atoms with Crippen LogP contribution in [0, 0.1) is 0 Å². The average molecular weight is 419 g/mol. The van der Waals surface area contributed by atoms with Gasteiger partial charge in [-0.05, 0) is 24.3 Å². The Hall–Kier alpha value is -4.27. The molecule has 0 spiro atoms. The number of aromatic nitrogens is 3. The second-order valence-electron chi connectivity index (χ2n) is 6.60. The third-order valence-electron chi connectivity index (χ3n) is 4.80. The molecule has 0 aliphatic heterocycles. The van der Waals surface area contributed by atoms with Crippen LogP contribution in [-0.2, 0) is 0 Å². The van der Waals surface area contributed by atoms with E-state index >= 15 is 0 Å². The second kappa shape index (κ2) is 8.23. The molecular formula is C22H21N5O4. The SMILES string of the molecule is COc1cc(C(=O)Nc2cccc(-c3cnc4c(N)nccn34)c2)cc(OC)c1OC. The first-order chi connectivity index (χ1) is 15.0. The number of fused-ring (bicyclic) bond motifs is 1. The average Bonchev–Trinajstić information content (AvgIpc) is 3.23. The number of nitrogens with two attached hydrogens (primary N) is 1. The van der Waals surface area contributed by atoms with Gasteiger partial charge in [0.1, 0.15) is 0 Å². The molecule has 2 aromatic carbocycles. The Morgan fingerprint density at radius 1 is 1.03 bits per heavy atom. The number of rotatable bonds is 6. The van der Waals surface area contributed by atoms with Gasteiger partial charge in [-0.2, -0.15) is 0 Å². The summed E-state index contributed by atoms with van der Waals surface area (Å²) in [6.45, 7) is 0. The first kappa shape index (κ1) is 20.0. The molecule has 31 heavy (non-hydrogen) atoms. The van der Waals surface area contributed by atoms with Gasteiger partial charge in [0.25, 0.3) is 5.91 Å². The Kier molecular flexibility index (Phi) is 5.31. The fraction of sp³-hybridized carbons (Fsp3) is 0.136. The molecule has 0 saturated heterocycles. The number of carbonyl (C=O) groups is 1. The number of benzene rings is 2. The zero-order valence-corrected chi connectivity index (χ0v) is 17.2. The lowest BCUT2D eigenvalue weighted by molar-refractivity contribution is 0.102. The Morgan fingerprint density at radius 2 is 1.77 bits per heavy atom. The van der Waals surface area contributed by atoms with Crippen LogP contribution in [0.15, 0.2) is 55.0 Å². The Balaban J connectivity index is 1.65. The van der Waals surface area contributed by atoms with Crippen LogP contribution in [0.3, 0.4) is 0 Å². The number of ether oxygens (including phenoxy) is 3. The van der Waals surface area contributed by atoms with Crippen molar-refractivity contribution in [2.45, 2.75) is 0 Å². The van der Waals surface area contributed by atoms with E-state index in [2.05, 4.69) is 15.3 Å². The maximum Gasteiger partial charge on any atom is 0.255 e. The van der Waals surface area contributed by atoms with Crippen molar-refractivity contribution < 1.29 is 19.0 Å². The minimum atomic E-state index is -0.317. The van der Waals surface area contributed by atoms with E-state index < -0.39 is 0 Å². The third kappa shape index (κ3) is 3.68. The number of hydrogen-bond donors (Lipinski definition) is 2. The quantitative estimate of drug-likeness (QED) is 0.493. The van der Waals surface area contributed by atoms with Gasteiger partial charge in [0, 0.05) is 29.2 Å². The van der Waals surface area contributed by atoms with Gasteiger partial charge in [0.2, 0.25) is 5.75 Å². The van der Waals surface area contributed by atoms with Crippen LogP contribution in [0.5, 0.6) is 17.2 Å². The van der Waals surface area contributed by atoms with Crippen molar-refractivity contribution >= 4 is 23.1 Å². The summed E-state index contributed by atoms with van der Waals surface area (Å²) in [5.74, 6) is 1.25. The van der Waals surface area contributed by atoms with E-state index in [0.29, 0.717) is 40.0 Å². The molecule has 0 aliphatic rings. The van der Waals surface area contributed by atoms with Crippen LogP contribution < -0.4 is 25.3 Å². The van der Waals surface area contributed by atoms with Gasteiger partial charge < -0.3 is 25.3 Å². The van der Waals surface area contributed by atoms with Crippen LogP contribution in [0.25, 0.3) is 16.9 Å². The summed E-state index contributed by atoms with van der Waals surface area (Å²) in [4.78, 5) is 21.3. The number of methoxy groups -OCH3 is 3. The molecule has 9 heteroatoms. The number of anilines is 2. The molecular weight excluding hydrogens is 398 g/mol. The van der Waals surface area contributed by atoms with E-state index in [4.69, 9.17) is 19.9 Å². The van der Waals surface area contributed by atoms with E-state index in [-0.39, 0.29) is 5.91 Å². The van der Waals surface area contributed by atoms with Crippen LogP contribution in [0.1, 0.15) is 10.4 Å². The molecule has 0 fully saturated rings. The highest BCUT2D eigenvalue weighted by molar-refractivity contribution is 6.05. The van der Waals surface area contributed by atoms with Crippen molar-refractivity contribution in [1.29, 1.82) is 0 Å². The Bertz CT molecular complexity index is 1240. The van der Waals surface area contributed by atoms with E-state index in [1.165, 1.54) is 21.3 Å². The molecule has 4 rings (SSSR count). The predicted molar refractivity (Wildman–Crippen MR) is 117 cm³/mol. The van der Waals surface area contributed by atoms with Crippen molar-refractivity contribution in [3.8, 4) is 28.5 Å². The van der Waals surface area contributed by atoms with Crippen LogP contribution in [-0.4, -0.2) is 41.6 Å². The number of nitrogen functional groups attached to an aromatic ring is 1. The molecule has 0 bridgehead atoms. The minimum absolute atomic E-state index is 0.317. The van der Waals surface area contributed by atoms with Gasteiger partial charge in [-0.3, -0.25) is 9.20 Å². The van der Waals surface area contributed by atoms with Crippen molar-refractivity contribution in [3.05, 3.63) is 60.6 Å². The summed E-state index contributed by atoms with van der Waals surface area (Å²) in [7, 11) is 4.51. The molecule has 0 saturated carbocycles. The highest BCUT2D eigenvalue weighted by Gasteiger charge is 2.17. The lowest BCUT2D eigenvalue weighted by Crippen LogP contribution is -2.12. The lowest BCUT2D eigenvalue weighted by atomic mass is 10.1. The minimum Gasteiger partial charge on any atom is -0.493 e. The third-order valence-corrected chi connectivity index (χ3v) is 4.80. The lowest BCUT2D eigenvalue weighted by Gasteiger charge is -2.14. The first-order valence-corrected chi connectivity index (χ1v) is 9.35. The monoisotopic (exact) mass is 419 g/mol. The highest BCUT2D eigenvalue weighted by atomic mass is 16.5. The van der Waals surface area contributed by atoms with Crippen LogP contribution in [0.4, 0.5) is 11.5 Å². The van der Waals surface area contributed by atoms with Gasteiger partial charge in [0.15, 0.2) is 23.0 Å². The van der Waals surface area contributed by atoms with Gasteiger partial charge in [0.05, 0.1) is 33.2 Å². The van der Waals surface area contributed by atoms with E-state index in [0.717, 1.165) is 11.3 Å². The zero-order valence-electron chi connectivity index (χ0n) is 17.2. The number of hydrogen-bond acceptors (Lipinski definition) is 7.